The number of unbranched alkanes of at least 4 members (excludes halogenated alkanes) is 1. The Morgan fingerprint density at radius 2 is 2.43 bits per heavy atom. The molecule has 0 aromatic rings. The Morgan fingerprint density at radius 3 is 3.00 bits per heavy atom. The third-order valence-electron chi connectivity index (χ3n) is 1.92. The van der Waals surface area contributed by atoms with Gasteiger partial charge in [0, 0.05) is 6.61 Å². The summed E-state index contributed by atoms with van der Waals surface area (Å²) in [5.41, 5.74) is 0. The molecule has 1 saturated heterocycles. The van der Waals surface area contributed by atoms with E-state index >= 15 is 0 Å². The molecule has 5 nitrogen and oxygen atoms in total. The number of hydrogen-bond acceptors (Lipinski definition) is 4. The summed E-state index contributed by atoms with van der Waals surface area (Å²) in [4.78, 5) is 10.5. The second-order valence-electron chi connectivity index (χ2n) is 3.15. The van der Waals surface area contributed by atoms with Crippen molar-refractivity contribution in [3.05, 3.63) is 0 Å². The molecule has 2 atom stereocenters. The molecule has 1 heterocycles. The molecule has 1 rings (SSSR count). The number of carboxylic acid groups (broad SMARTS) is 1. The van der Waals surface area contributed by atoms with E-state index in [0.29, 0.717) is 13.2 Å². The van der Waals surface area contributed by atoms with Gasteiger partial charge < -0.3 is 19.3 Å². The van der Waals surface area contributed by atoms with E-state index in [-0.39, 0.29) is 6.61 Å². The van der Waals surface area contributed by atoms with Gasteiger partial charge in [-0.15, -0.1) is 0 Å². The van der Waals surface area contributed by atoms with Gasteiger partial charge in [0.25, 0.3) is 0 Å². The number of aliphatic carboxylic acids is 1. The van der Waals surface area contributed by atoms with E-state index in [1.54, 1.807) is 0 Å². The number of carbonyl (C=O) groups is 1. The molecule has 5 heteroatoms. The van der Waals surface area contributed by atoms with E-state index in [2.05, 4.69) is 6.92 Å². The summed E-state index contributed by atoms with van der Waals surface area (Å²) in [6, 6.07) is 0. The second-order valence-corrected chi connectivity index (χ2v) is 3.15. The van der Waals surface area contributed by atoms with Crippen LogP contribution < -0.4 is 0 Å². The first-order valence-corrected chi connectivity index (χ1v) is 4.81. The average molecular weight is 204 g/mol. The maximum atomic E-state index is 10.5. The maximum Gasteiger partial charge on any atom is 0.335 e. The van der Waals surface area contributed by atoms with Crippen molar-refractivity contribution in [3.8, 4) is 0 Å². The summed E-state index contributed by atoms with van der Waals surface area (Å²) in [7, 11) is 0. The van der Waals surface area contributed by atoms with Crippen molar-refractivity contribution < 1.29 is 24.1 Å². The van der Waals surface area contributed by atoms with Crippen LogP contribution in [0, 0.1) is 0 Å². The number of rotatable bonds is 6. The van der Waals surface area contributed by atoms with Crippen molar-refractivity contribution in [2.75, 3.05) is 19.8 Å². The summed E-state index contributed by atoms with van der Waals surface area (Å²) >= 11 is 0. The van der Waals surface area contributed by atoms with Crippen LogP contribution in [-0.2, 0) is 19.0 Å². The van der Waals surface area contributed by atoms with Gasteiger partial charge in [0.05, 0.1) is 13.2 Å². The van der Waals surface area contributed by atoms with Crippen molar-refractivity contribution in [2.45, 2.75) is 32.2 Å². The molecule has 0 aromatic carbocycles. The zero-order valence-corrected chi connectivity index (χ0v) is 8.27. The molecular formula is C9H16O5. The van der Waals surface area contributed by atoms with Crippen LogP contribution in [0.2, 0.25) is 0 Å². The van der Waals surface area contributed by atoms with Gasteiger partial charge >= 0.3 is 5.97 Å². The highest BCUT2D eigenvalue weighted by molar-refractivity contribution is 5.72. The summed E-state index contributed by atoms with van der Waals surface area (Å²) in [6.45, 7) is 3.16. The van der Waals surface area contributed by atoms with Crippen molar-refractivity contribution >= 4 is 5.97 Å². The lowest BCUT2D eigenvalue weighted by Crippen LogP contribution is -2.24. The molecular weight excluding hydrogens is 188 g/mol. The first-order valence-electron chi connectivity index (χ1n) is 4.81. The van der Waals surface area contributed by atoms with Crippen LogP contribution in [0.3, 0.4) is 0 Å². The monoisotopic (exact) mass is 204 g/mol. The van der Waals surface area contributed by atoms with Gasteiger partial charge in [-0.25, -0.2) is 4.79 Å². The van der Waals surface area contributed by atoms with Crippen LogP contribution in [0.15, 0.2) is 0 Å². The second kappa shape index (κ2) is 5.95. The smallest absolute Gasteiger partial charge is 0.335 e. The normalized spacial score (nSPS) is 26.6. The van der Waals surface area contributed by atoms with Gasteiger partial charge in [-0.1, -0.05) is 13.3 Å². The molecule has 0 aliphatic carbocycles. The zero-order valence-electron chi connectivity index (χ0n) is 8.27. The molecule has 82 valence electrons. The highest BCUT2D eigenvalue weighted by atomic mass is 16.7. The zero-order chi connectivity index (χ0) is 10.4. The lowest BCUT2D eigenvalue weighted by Gasteiger charge is -2.09. The third-order valence-corrected chi connectivity index (χ3v) is 1.92. The number of ether oxygens (including phenoxy) is 3. The molecule has 0 aromatic heterocycles. The quantitative estimate of drug-likeness (QED) is 0.643. The van der Waals surface area contributed by atoms with Gasteiger partial charge in [0.2, 0.25) is 0 Å². The minimum absolute atomic E-state index is 0.108. The largest absolute Gasteiger partial charge is 0.479 e. The Bertz CT molecular complexity index is 182. The molecule has 0 amide bonds. The fourth-order valence-corrected chi connectivity index (χ4v) is 1.10. The molecule has 0 saturated carbocycles. The van der Waals surface area contributed by atoms with Crippen LogP contribution in [0.1, 0.15) is 19.8 Å². The fourth-order valence-electron chi connectivity index (χ4n) is 1.10. The van der Waals surface area contributed by atoms with E-state index in [0.717, 1.165) is 12.8 Å². The Balaban J connectivity index is 2.07. The molecule has 0 radical (unpaired) electrons. The molecule has 1 aliphatic heterocycles. The Kier molecular flexibility index (Phi) is 4.86. The molecule has 1 aliphatic rings. The van der Waals surface area contributed by atoms with Crippen LogP contribution in [0.4, 0.5) is 0 Å². The van der Waals surface area contributed by atoms with Gasteiger partial charge in [0.1, 0.15) is 0 Å². The van der Waals surface area contributed by atoms with Gasteiger partial charge in [-0.3, -0.25) is 0 Å². The van der Waals surface area contributed by atoms with Crippen LogP contribution in [-0.4, -0.2) is 43.3 Å². The summed E-state index contributed by atoms with van der Waals surface area (Å²) < 4.78 is 15.4. The van der Waals surface area contributed by atoms with Crippen molar-refractivity contribution in [1.29, 1.82) is 0 Å². The van der Waals surface area contributed by atoms with E-state index in [9.17, 15) is 4.79 Å². The number of hydrogen-bond donors (Lipinski definition) is 1. The van der Waals surface area contributed by atoms with E-state index < -0.39 is 18.4 Å². The average Bonchev–Trinajstić information content (AvgIpc) is 2.61. The van der Waals surface area contributed by atoms with Gasteiger partial charge in [0.15, 0.2) is 12.4 Å². The first-order chi connectivity index (χ1) is 6.74. The lowest BCUT2D eigenvalue weighted by molar-refractivity contribution is -0.154. The summed E-state index contributed by atoms with van der Waals surface area (Å²) in [5, 5.41) is 8.59. The molecule has 1 N–H and O–H groups in total. The first kappa shape index (κ1) is 11.4. The SMILES string of the molecule is CCCCOC[C@@H]1OC[C@@H](C(=O)O)O1. The molecule has 1 fully saturated rings. The fraction of sp³-hybridized carbons (Fsp3) is 0.889. The Labute approximate surface area is 82.9 Å². The predicted molar refractivity (Wildman–Crippen MR) is 48.0 cm³/mol. The lowest BCUT2D eigenvalue weighted by atomic mass is 10.4. The van der Waals surface area contributed by atoms with Gasteiger partial charge in [-0.2, -0.15) is 0 Å². The maximum absolute atomic E-state index is 10.5. The molecule has 0 bridgehead atoms. The van der Waals surface area contributed by atoms with E-state index in [4.69, 9.17) is 19.3 Å². The Hall–Kier alpha value is -0.650. The predicted octanol–water partition coefficient (Wildman–Crippen LogP) is 0.629. The van der Waals surface area contributed by atoms with Crippen LogP contribution in [0.25, 0.3) is 0 Å². The van der Waals surface area contributed by atoms with Crippen LogP contribution >= 0.6 is 0 Å². The summed E-state index contributed by atoms with van der Waals surface area (Å²) in [6.07, 6.45) is 0.710. The molecule has 14 heavy (non-hydrogen) atoms. The van der Waals surface area contributed by atoms with Crippen molar-refractivity contribution in [1.82, 2.24) is 0 Å². The minimum atomic E-state index is -0.985. The van der Waals surface area contributed by atoms with E-state index in [1.807, 2.05) is 0 Å². The Morgan fingerprint density at radius 1 is 1.64 bits per heavy atom. The highest BCUT2D eigenvalue weighted by Crippen LogP contribution is 2.11. The highest BCUT2D eigenvalue weighted by Gasteiger charge is 2.31. The van der Waals surface area contributed by atoms with Crippen molar-refractivity contribution in [3.63, 3.8) is 0 Å². The number of carboxylic acids is 1. The molecule has 0 unspecified atom stereocenters. The topological polar surface area (TPSA) is 65.0 Å². The van der Waals surface area contributed by atoms with E-state index in [1.165, 1.54) is 0 Å². The summed E-state index contributed by atoms with van der Waals surface area (Å²) in [5.74, 6) is -0.985. The minimum Gasteiger partial charge on any atom is -0.479 e. The van der Waals surface area contributed by atoms with Crippen LogP contribution in [0.5, 0.6) is 0 Å². The molecule has 0 spiro atoms. The standard InChI is InChI=1S/C9H16O5/c1-2-3-4-12-6-8-13-5-7(14-8)9(10)11/h7-8H,2-6H2,1H3,(H,10,11)/t7-,8+/m0/s1. The van der Waals surface area contributed by atoms with Crippen molar-refractivity contribution in [2.24, 2.45) is 0 Å². The van der Waals surface area contributed by atoms with Gasteiger partial charge in [-0.05, 0) is 6.42 Å². The third kappa shape index (κ3) is 3.61.